The molecule has 0 aromatic heterocycles. The lowest BCUT2D eigenvalue weighted by Crippen LogP contribution is -2.57. The molecule has 13 heteroatoms. The van der Waals surface area contributed by atoms with Gasteiger partial charge >= 0.3 is 12.4 Å². The Hall–Kier alpha value is -2.99. The summed E-state index contributed by atoms with van der Waals surface area (Å²) in [5.74, 6) is -1.10. The molecule has 0 atom stereocenters. The van der Waals surface area contributed by atoms with Gasteiger partial charge in [0, 0.05) is 25.2 Å². The maximum Gasteiger partial charge on any atom is 0.416 e. The number of alkyl halides is 6. The predicted octanol–water partition coefficient (Wildman–Crippen LogP) is 5.61. The van der Waals surface area contributed by atoms with Crippen LogP contribution < -0.4 is 4.90 Å². The summed E-state index contributed by atoms with van der Waals surface area (Å²) in [6.07, 6.45) is -9.13. The zero-order chi connectivity index (χ0) is 29.5. The fourth-order valence-electron chi connectivity index (χ4n) is 5.33. The summed E-state index contributed by atoms with van der Waals surface area (Å²) in [6, 6.07) is 7.91. The molecular weight excluding hydrogens is 562 g/mol. The average Bonchev–Trinajstić information content (AvgIpc) is 3.13. The topological polar surface area (TPSA) is 47.1 Å². The van der Waals surface area contributed by atoms with Crippen molar-refractivity contribution >= 4 is 29.1 Å². The highest BCUT2D eigenvalue weighted by molar-refractivity contribution is 6.33. The highest BCUT2D eigenvalue weighted by atomic mass is 35.5. The molecule has 6 nitrogen and oxygen atoms in total. The van der Waals surface area contributed by atoms with Gasteiger partial charge in [0.05, 0.1) is 28.5 Å². The Morgan fingerprint density at radius 2 is 1.55 bits per heavy atom. The Kier molecular flexibility index (Phi) is 8.33. The van der Waals surface area contributed by atoms with Crippen LogP contribution in [-0.4, -0.2) is 79.0 Å². The van der Waals surface area contributed by atoms with Gasteiger partial charge in [-0.3, -0.25) is 9.59 Å². The van der Waals surface area contributed by atoms with Crippen LogP contribution in [0.3, 0.4) is 0 Å². The maximum atomic E-state index is 13.8. The van der Waals surface area contributed by atoms with Gasteiger partial charge < -0.3 is 19.6 Å². The van der Waals surface area contributed by atoms with Crippen molar-refractivity contribution in [2.75, 3.05) is 51.8 Å². The van der Waals surface area contributed by atoms with Crippen molar-refractivity contribution in [3.8, 4) is 0 Å². The average molecular weight is 591 g/mol. The lowest BCUT2D eigenvalue weighted by molar-refractivity contribution is -0.143. The third-order valence-electron chi connectivity index (χ3n) is 7.40. The van der Waals surface area contributed by atoms with E-state index < -0.39 is 40.5 Å². The number of benzene rings is 2. The molecule has 2 heterocycles. The van der Waals surface area contributed by atoms with Crippen LogP contribution in [0.1, 0.15) is 40.7 Å². The first kappa shape index (κ1) is 30.0. The van der Waals surface area contributed by atoms with E-state index in [1.165, 1.54) is 4.90 Å². The number of amides is 2. The minimum absolute atomic E-state index is 0.00839. The Labute approximate surface area is 233 Å². The molecule has 218 valence electrons. The number of nitrogens with zero attached hydrogens (tertiary/aromatic N) is 4. The summed E-state index contributed by atoms with van der Waals surface area (Å²) < 4.78 is 80.0. The number of hydrogen-bond donors (Lipinski definition) is 0. The van der Waals surface area contributed by atoms with Gasteiger partial charge in [0.15, 0.2) is 0 Å². The Balaban J connectivity index is 1.60. The molecule has 0 N–H and O–H groups in total. The SMILES string of the molecule is CN(C)CCCN1CN(c2ccccc2Cl)C2(CCN(C(=O)c3cc(C(F)(F)F)cc(C(F)(F)F)c3)CC2)C1=O. The van der Waals surface area contributed by atoms with Crippen molar-refractivity contribution in [1.82, 2.24) is 14.7 Å². The molecule has 2 aliphatic rings. The van der Waals surface area contributed by atoms with Gasteiger partial charge in [-0.1, -0.05) is 23.7 Å². The van der Waals surface area contributed by atoms with Gasteiger partial charge in [-0.05, 0) is 70.2 Å². The van der Waals surface area contributed by atoms with E-state index in [4.69, 9.17) is 11.6 Å². The number of piperidine rings is 1. The van der Waals surface area contributed by atoms with Crippen LogP contribution in [-0.2, 0) is 17.1 Å². The minimum atomic E-state index is -5.07. The summed E-state index contributed by atoms with van der Waals surface area (Å²) in [5, 5.41) is 0.437. The molecule has 2 aromatic carbocycles. The van der Waals surface area contributed by atoms with Crippen LogP contribution >= 0.6 is 11.6 Å². The molecule has 4 rings (SSSR count). The number of para-hydroxylation sites is 1. The number of carbonyl (C=O) groups excluding carboxylic acids is 2. The largest absolute Gasteiger partial charge is 0.416 e. The number of carbonyl (C=O) groups is 2. The summed E-state index contributed by atoms with van der Waals surface area (Å²) in [7, 11) is 3.86. The third-order valence-corrected chi connectivity index (χ3v) is 7.72. The maximum absolute atomic E-state index is 13.8. The van der Waals surface area contributed by atoms with Crippen molar-refractivity contribution in [3.63, 3.8) is 0 Å². The highest BCUT2D eigenvalue weighted by Gasteiger charge is 2.54. The molecule has 2 amide bonds. The van der Waals surface area contributed by atoms with Gasteiger partial charge in [-0.2, -0.15) is 26.3 Å². The normalized spacial score (nSPS) is 17.9. The van der Waals surface area contributed by atoms with Gasteiger partial charge in [-0.15, -0.1) is 0 Å². The smallest absolute Gasteiger partial charge is 0.338 e. The fraction of sp³-hybridized carbons (Fsp3) is 0.481. The second kappa shape index (κ2) is 11.1. The van der Waals surface area contributed by atoms with Crippen LogP contribution in [0.15, 0.2) is 42.5 Å². The van der Waals surface area contributed by atoms with Gasteiger partial charge in [-0.25, -0.2) is 0 Å². The molecule has 2 aliphatic heterocycles. The van der Waals surface area contributed by atoms with E-state index in [0.29, 0.717) is 29.4 Å². The van der Waals surface area contributed by atoms with E-state index >= 15 is 0 Å². The summed E-state index contributed by atoms with van der Waals surface area (Å²) in [4.78, 5) is 33.8. The number of rotatable bonds is 6. The van der Waals surface area contributed by atoms with E-state index in [1.807, 2.05) is 23.9 Å². The highest BCUT2D eigenvalue weighted by Crippen LogP contribution is 2.43. The van der Waals surface area contributed by atoms with Crippen molar-refractivity contribution in [3.05, 3.63) is 64.2 Å². The van der Waals surface area contributed by atoms with E-state index in [-0.39, 0.29) is 44.6 Å². The molecule has 2 aromatic rings. The molecule has 2 saturated heterocycles. The van der Waals surface area contributed by atoms with Crippen LogP contribution in [0.2, 0.25) is 5.02 Å². The van der Waals surface area contributed by atoms with Crippen molar-refractivity contribution < 1.29 is 35.9 Å². The number of hydrogen-bond acceptors (Lipinski definition) is 4. The third kappa shape index (κ3) is 6.02. The van der Waals surface area contributed by atoms with E-state index in [2.05, 4.69) is 0 Å². The number of halogens is 7. The Bertz CT molecular complexity index is 1230. The van der Waals surface area contributed by atoms with Gasteiger partial charge in [0.25, 0.3) is 5.91 Å². The summed E-state index contributed by atoms with van der Waals surface area (Å²) in [5.41, 5.74) is -4.22. The standard InChI is InChI=1S/C27H29ClF6N4O2/c1-35(2)10-5-11-37-17-38(22-7-4-3-6-21(22)28)25(24(37)40)8-12-36(13-9-25)23(39)18-14-19(26(29,30)31)16-20(15-18)27(32,33)34/h3-4,6-7,14-16H,5,8-13,17H2,1-2H3. The molecule has 0 radical (unpaired) electrons. The first-order chi connectivity index (χ1) is 18.6. The number of likely N-dealkylation sites (tertiary alicyclic amines) is 1. The first-order valence-corrected chi connectivity index (χ1v) is 13.1. The predicted molar refractivity (Wildman–Crippen MR) is 138 cm³/mol. The molecule has 0 unspecified atom stereocenters. The molecular formula is C27H29ClF6N4O2. The molecule has 1 spiro atoms. The summed E-state index contributed by atoms with van der Waals surface area (Å²) >= 11 is 6.48. The minimum Gasteiger partial charge on any atom is -0.338 e. The van der Waals surface area contributed by atoms with Crippen molar-refractivity contribution in [2.24, 2.45) is 0 Å². The molecule has 40 heavy (non-hydrogen) atoms. The zero-order valence-electron chi connectivity index (χ0n) is 21.9. The molecule has 0 aliphatic carbocycles. The summed E-state index contributed by atoms with van der Waals surface area (Å²) in [6.45, 7) is 1.46. The van der Waals surface area contributed by atoms with Gasteiger partial charge in [0.2, 0.25) is 5.91 Å². The van der Waals surface area contributed by atoms with Crippen LogP contribution in [0.5, 0.6) is 0 Å². The Morgan fingerprint density at radius 1 is 0.975 bits per heavy atom. The van der Waals surface area contributed by atoms with E-state index in [1.54, 1.807) is 29.2 Å². The van der Waals surface area contributed by atoms with Crippen LogP contribution in [0.25, 0.3) is 0 Å². The lowest BCUT2D eigenvalue weighted by atomic mass is 9.85. The fourth-order valence-corrected chi connectivity index (χ4v) is 5.57. The number of anilines is 1. The lowest BCUT2D eigenvalue weighted by Gasteiger charge is -2.43. The van der Waals surface area contributed by atoms with E-state index in [0.717, 1.165) is 13.0 Å². The van der Waals surface area contributed by atoms with Crippen molar-refractivity contribution in [2.45, 2.75) is 37.2 Å². The van der Waals surface area contributed by atoms with Crippen LogP contribution in [0.4, 0.5) is 32.0 Å². The molecule has 0 saturated carbocycles. The zero-order valence-corrected chi connectivity index (χ0v) is 22.7. The quantitative estimate of drug-likeness (QED) is 0.411. The van der Waals surface area contributed by atoms with Gasteiger partial charge in [0.1, 0.15) is 5.54 Å². The van der Waals surface area contributed by atoms with E-state index in [9.17, 15) is 35.9 Å². The second-order valence-corrected chi connectivity index (χ2v) is 10.8. The Morgan fingerprint density at radius 3 is 2.08 bits per heavy atom. The first-order valence-electron chi connectivity index (χ1n) is 12.7. The van der Waals surface area contributed by atoms with Crippen LogP contribution in [0, 0.1) is 0 Å². The van der Waals surface area contributed by atoms with Crippen molar-refractivity contribution in [1.29, 1.82) is 0 Å². The second-order valence-electron chi connectivity index (χ2n) is 10.4. The molecule has 2 fully saturated rings. The molecule has 0 bridgehead atoms. The monoisotopic (exact) mass is 590 g/mol.